The Morgan fingerprint density at radius 2 is 2.18 bits per heavy atom. The summed E-state index contributed by atoms with van der Waals surface area (Å²) in [6, 6.07) is 4.50. The normalized spacial score (nSPS) is 20.1. The highest BCUT2D eigenvalue weighted by Crippen LogP contribution is 2.26. The topological polar surface area (TPSA) is 33.2 Å². The Labute approximate surface area is 103 Å². The van der Waals surface area contributed by atoms with Crippen molar-refractivity contribution in [2.45, 2.75) is 32.7 Å². The predicted molar refractivity (Wildman–Crippen MR) is 67.6 cm³/mol. The minimum absolute atomic E-state index is 0.285. The third-order valence-electron chi connectivity index (χ3n) is 3.82. The number of nitrogens with zero attached hydrogens (tertiary/aromatic N) is 2. The van der Waals surface area contributed by atoms with Gasteiger partial charge in [0.1, 0.15) is 5.78 Å². The summed E-state index contributed by atoms with van der Waals surface area (Å²) in [6.07, 6.45) is 5.74. The molecule has 1 aromatic heterocycles. The fourth-order valence-corrected chi connectivity index (χ4v) is 2.53. The van der Waals surface area contributed by atoms with Gasteiger partial charge in [-0.2, -0.15) is 0 Å². The molecule has 1 aliphatic heterocycles. The molecule has 92 valence electrons. The van der Waals surface area contributed by atoms with Crippen LogP contribution in [0.25, 0.3) is 0 Å². The molecular formula is C14H20N2O. The van der Waals surface area contributed by atoms with Crippen LogP contribution >= 0.6 is 0 Å². The zero-order chi connectivity index (χ0) is 12.3. The van der Waals surface area contributed by atoms with Gasteiger partial charge in [-0.05, 0) is 51.4 Å². The summed E-state index contributed by atoms with van der Waals surface area (Å²) >= 11 is 0. The molecule has 0 N–H and O–H groups in total. The first kappa shape index (κ1) is 12.2. The molecule has 0 spiro atoms. The van der Waals surface area contributed by atoms with Gasteiger partial charge < -0.3 is 0 Å². The molecule has 0 aliphatic carbocycles. The highest BCUT2D eigenvalue weighted by molar-refractivity contribution is 5.78. The zero-order valence-electron chi connectivity index (χ0n) is 10.6. The molecule has 0 radical (unpaired) electrons. The number of pyridine rings is 1. The lowest BCUT2D eigenvalue weighted by atomic mass is 9.92. The molecule has 1 aromatic rings. The van der Waals surface area contributed by atoms with Crippen LogP contribution in [-0.2, 0) is 4.79 Å². The molecule has 1 saturated heterocycles. The van der Waals surface area contributed by atoms with E-state index in [0.717, 1.165) is 25.9 Å². The third kappa shape index (κ3) is 2.91. The molecule has 0 saturated carbocycles. The Kier molecular flexibility index (Phi) is 3.89. The quantitative estimate of drug-likeness (QED) is 0.802. The first-order valence-corrected chi connectivity index (χ1v) is 6.33. The summed E-state index contributed by atoms with van der Waals surface area (Å²) in [5.74, 6) is 0.631. The van der Waals surface area contributed by atoms with Crippen molar-refractivity contribution >= 4 is 5.78 Å². The van der Waals surface area contributed by atoms with Crippen molar-refractivity contribution in [3.05, 3.63) is 30.1 Å². The van der Waals surface area contributed by atoms with Crippen LogP contribution in [0.15, 0.2) is 24.5 Å². The second-order valence-electron chi connectivity index (χ2n) is 4.88. The number of rotatable bonds is 3. The smallest absolute Gasteiger partial charge is 0.133 e. The van der Waals surface area contributed by atoms with E-state index >= 15 is 0 Å². The van der Waals surface area contributed by atoms with Gasteiger partial charge in [0.2, 0.25) is 0 Å². The highest BCUT2D eigenvalue weighted by Gasteiger charge is 2.25. The van der Waals surface area contributed by atoms with Crippen molar-refractivity contribution < 1.29 is 4.79 Å². The number of carbonyl (C=O) groups excluding carboxylic acids is 1. The minimum Gasteiger partial charge on any atom is -0.300 e. The number of ketones is 1. The maximum absolute atomic E-state index is 11.3. The molecule has 1 fully saturated rings. The van der Waals surface area contributed by atoms with E-state index in [2.05, 4.69) is 22.9 Å². The van der Waals surface area contributed by atoms with Crippen LogP contribution in [0.2, 0.25) is 0 Å². The van der Waals surface area contributed by atoms with Crippen LogP contribution in [0.5, 0.6) is 0 Å². The Bertz CT molecular complexity index is 369. The second-order valence-corrected chi connectivity index (χ2v) is 4.88. The molecule has 3 heteroatoms. The Balaban J connectivity index is 1.95. The van der Waals surface area contributed by atoms with Crippen LogP contribution in [0.1, 0.15) is 38.3 Å². The van der Waals surface area contributed by atoms with E-state index in [-0.39, 0.29) is 5.92 Å². The van der Waals surface area contributed by atoms with Gasteiger partial charge in [-0.15, -0.1) is 0 Å². The van der Waals surface area contributed by atoms with Gasteiger partial charge in [-0.3, -0.25) is 14.7 Å². The molecule has 1 unspecified atom stereocenters. The first-order valence-electron chi connectivity index (χ1n) is 6.33. The van der Waals surface area contributed by atoms with Crippen molar-refractivity contribution in [2.24, 2.45) is 5.92 Å². The number of piperidine rings is 1. The number of Topliss-reactive ketones (excluding diaryl/α,β-unsaturated/α-hetero) is 1. The lowest BCUT2D eigenvalue weighted by Crippen LogP contribution is -2.37. The summed E-state index contributed by atoms with van der Waals surface area (Å²) in [7, 11) is 0. The van der Waals surface area contributed by atoms with E-state index in [0.29, 0.717) is 11.8 Å². The second kappa shape index (κ2) is 5.41. The average molecular weight is 232 g/mol. The summed E-state index contributed by atoms with van der Waals surface area (Å²) in [5, 5.41) is 0. The Morgan fingerprint density at radius 3 is 2.71 bits per heavy atom. The number of hydrogen-bond acceptors (Lipinski definition) is 3. The van der Waals surface area contributed by atoms with Gasteiger partial charge in [0, 0.05) is 24.4 Å². The van der Waals surface area contributed by atoms with E-state index in [4.69, 9.17) is 0 Å². The molecule has 1 atom stereocenters. The number of likely N-dealkylation sites (tertiary alicyclic amines) is 1. The van der Waals surface area contributed by atoms with Gasteiger partial charge in [-0.25, -0.2) is 0 Å². The fraction of sp³-hybridized carbons (Fsp3) is 0.571. The zero-order valence-corrected chi connectivity index (χ0v) is 10.6. The number of carbonyl (C=O) groups is 1. The number of aromatic nitrogens is 1. The molecule has 2 rings (SSSR count). The predicted octanol–water partition coefficient (Wildman–Crippen LogP) is 2.44. The van der Waals surface area contributed by atoms with Crippen LogP contribution < -0.4 is 0 Å². The van der Waals surface area contributed by atoms with Crippen molar-refractivity contribution in [1.82, 2.24) is 9.88 Å². The Hall–Kier alpha value is -1.22. The van der Waals surface area contributed by atoms with E-state index in [1.165, 1.54) is 5.56 Å². The lowest BCUT2D eigenvalue weighted by molar-refractivity contribution is -0.122. The van der Waals surface area contributed by atoms with Gasteiger partial charge in [0.15, 0.2) is 0 Å². The van der Waals surface area contributed by atoms with Crippen molar-refractivity contribution in [1.29, 1.82) is 0 Å². The molecule has 0 bridgehead atoms. The summed E-state index contributed by atoms with van der Waals surface area (Å²) in [4.78, 5) is 17.9. The monoisotopic (exact) mass is 232 g/mol. The fourth-order valence-electron chi connectivity index (χ4n) is 2.53. The third-order valence-corrected chi connectivity index (χ3v) is 3.82. The molecule has 3 nitrogen and oxygen atoms in total. The van der Waals surface area contributed by atoms with E-state index in [1.807, 2.05) is 12.3 Å². The maximum atomic E-state index is 11.3. The first-order chi connectivity index (χ1) is 8.18. The molecule has 17 heavy (non-hydrogen) atoms. The van der Waals surface area contributed by atoms with Crippen LogP contribution in [0.4, 0.5) is 0 Å². The van der Waals surface area contributed by atoms with Gasteiger partial charge in [0.05, 0.1) is 0 Å². The molecule has 1 aliphatic rings. The van der Waals surface area contributed by atoms with Gasteiger partial charge in [0.25, 0.3) is 0 Å². The summed E-state index contributed by atoms with van der Waals surface area (Å²) < 4.78 is 0. The van der Waals surface area contributed by atoms with Crippen molar-refractivity contribution in [3.63, 3.8) is 0 Å². The Morgan fingerprint density at radius 1 is 1.47 bits per heavy atom. The van der Waals surface area contributed by atoms with E-state index in [1.54, 1.807) is 13.1 Å². The lowest BCUT2D eigenvalue weighted by Gasteiger charge is -2.35. The standard InChI is InChI=1S/C14H20N2O/c1-11(14-4-3-7-15-10-14)16-8-5-13(6-9-16)12(2)17/h3-4,7,10-11,13H,5-6,8-9H2,1-2H3. The van der Waals surface area contributed by atoms with E-state index < -0.39 is 0 Å². The van der Waals surface area contributed by atoms with Gasteiger partial charge in [-0.1, -0.05) is 6.07 Å². The maximum Gasteiger partial charge on any atom is 0.133 e. The SMILES string of the molecule is CC(=O)C1CCN(C(C)c2cccnc2)CC1. The van der Waals surface area contributed by atoms with Gasteiger partial charge >= 0.3 is 0 Å². The summed E-state index contributed by atoms with van der Waals surface area (Å²) in [5.41, 5.74) is 1.26. The largest absolute Gasteiger partial charge is 0.300 e. The molecule has 2 heterocycles. The minimum atomic E-state index is 0.285. The average Bonchev–Trinajstić information content (AvgIpc) is 2.39. The summed E-state index contributed by atoms with van der Waals surface area (Å²) in [6.45, 7) is 5.95. The van der Waals surface area contributed by atoms with Crippen LogP contribution in [0, 0.1) is 5.92 Å². The van der Waals surface area contributed by atoms with Crippen LogP contribution in [-0.4, -0.2) is 28.8 Å². The van der Waals surface area contributed by atoms with Crippen molar-refractivity contribution in [3.8, 4) is 0 Å². The van der Waals surface area contributed by atoms with Crippen molar-refractivity contribution in [2.75, 3.05) is 13.1 Å². The van der Waals surface area contributed by atoms with Crippen LogP contribution in [0.3, 0.4) is 0 Å². The van der Waals surface area contributed by atoms with E-state index in [9.17, 15) is 4.79 Å². The molecular weight excluding hydrogens is 212 g/mol. The highest BCUT2D eigenvalue weighted by atomic mass is 16.1. The molecule has 0 aromatic carbocycles. The number of hydrogen-bond donors (Lipinski definition) is 0. The molecule has 0 amide bonds.